The van der Waals surface area contributed by atoms with E-state index in [1.807, 2.05) is 0 Å². The molecule has 1 heterocycles. The van der Waals surface area contributed by atoms with Crippen molar-refractivity contribution in [2.24, 2.45) is 0 Å². The predicted molar refractivity (Wildman–Crippen MR) is 103 cm³/mol. The minimum Gasteiger partial charge on any atom is -0.493 e. The number of carbonyl (C=O) groups is 2. The van der Waals surface area contributed by atoms with Crippen molar-refractivity contribution >= 4 is 29.9 Å². The number of carbonyl (C=O) groups excluding carboxylic acids is 2. The Kier molecular flexibility index (Phi) is 8.15. The number of nitrogens with one attached hydrogen (secondary N) is 3. The summed E-state index contributed by atoms with van der Waals surface area (Å²) < 4.78 is 16.2. The monoisotopic (exact) mass is 399 g/mol. The highest BCUT2D eigenvalue weighted by atomic mass is 35.5. The number of hydrogen-bond acceptors (Lipinski definition) is 6. The molecule has 9 heteroatoms. The van der Waals surface area contributed by atoms with Crippen LogP contribution >= 0.6 is 12.4 Å². The number of benzene rings is 1. The van der Waals surface area contributed by atoms with Crippen LogP contribution < -0.4 is 25.4 Å². The topological polar surface area (TPSA) is 97.9 Å². The molecule has 1 aromatic carbocycles. The molecule has 3 N–H and O–H groups in total. The van der Waals surface area contributed by atoms with Gasteiger partial charge in [0, 0.05) is 36.8 Å². The maximum absolute atomic E-state index is 12.2. The van der Waals surface area contributed by atoms with E-state index in [9.17, 15) is 9.59 Å². The summed E-state index contributed by atoms with van der Waals surface area (Å²) in [5, 5.41) is 8.94. The molecule has 27 heavy (non-hydrogen) atoms. The molecule has 8 nitrogen and oxygen atoms in total. The summed E-state index contributed by atoms with van der Waals surface area (Å²) in [6.45, 7) is 1.86. The SMILES string of the molecule is COc1ccc(NC(=O)CC2COCCN2)cc1OCC(=O)NC1CC1.Cl. The molecule has 1 aliphatic heterocycles. The Hall–Kier alpha value is -2.03. The first-order valence-electron chi connectivity index (χ1n) is 8.85. The zero-order valence-corrected chi connectivity index (χ0v) is 16.1. The van der Waals surface area contributed by atoms with Gasteiger partial charge in [-0.1, -0.05) is 0 Å². The zero-order chi connectivity index (χ0) is 18.4. The van der Waals surface area contributed by atoms with Gasteiger partial charge in [-0.2, -0.15) is 0 Å². The summed E-state index contributed by atoms with van der Waals surface area (Å²) in [7, 11) is 1.53. The Morgan fingerprint density at radius 3 is 2.74 bits per heavy atom. The molecule has 1 saturated heterocycles. The first-order valence-corrected chi connectivity index (χ1v) is 8.85. The number of rotatable bonds is 8. The average molecular weight is 400 g/mol. The van der Waals surface area contributed by atoms with Gasteiger partial charge in [-0.25, -0.2) is 0 Å². The van der Waals surface area contributed by atoms with Crippen molar-refractivity contribution in [1.82, 2.24) is 10.6 Å². The number of methoxy groups -OCH3 is 1. The predicted octanol–water partition coefficient (Wildman–Crippen LogP) is 1.09. The Bertz CT molecular complexity index is 648. The maximum Gasteiger partial charge on any atom is 0.258 e. The summed E-state index contributed by atoms with van der Waals surface area (Å²) in [5.74, 6) is 0.642. The fraction of sp³-hybridized carbons (Fsp3) is 0.556. The Labute approximate surface area is 164 Å². The van der Waals surface area contributed by atoms with Crippen LogP contribution in [0.3, 0.4) is 0 Å². The molecule has 3 rings (SSSR count). The summed E-state index contributed by atoms with van der Waals surface area (Å²) in [5.41, 5.74) is 0.588. The van der Waals surface area contributed by atoms with Crippen LogP contribution in [-0.2, 0) is 14.3 Å². The Morgan fingerprint density at radius 1 is 1.26 bits per heavy atom. The van der Waals surface area contributed by atoms with Crippen molar-refractivity contribution in [3.63, 3.8) is 0 Å². The second kappa shape index (κ2) is 10.3. The molecule has 2 amide bonds. The van der Waals surface area contributed by atoms with E-state index < -0.39 is 0 Å². The Morgan fingerprint density at radius 2 is 2.07 bits per heavy atom. The first-order chi connectivity index (χ1) is 12.6. The molecular formula is C18H26ClN3O5. The first kappa shape index (κ1) is 21.3. The minimum atomic E-state index is -0.160. The van der Waals surface area contributed by atoms with Crippen LogP contribution in [0.2, 0.25) is 0 Å². The van der Waals surface area contributed by atoms with Gasteiger partial charge in [-0.3, -0.25) is 9.59 Å². The van der Waals surface area contributed by atoms with Crippen molar-refractivity contribution in [3.8, 4) is 11.5 Å². The number of anilines is 1. The van der Waals surface area contributed by atoms with E-state index in [0.717, 1.165) is 19.4 Å². The number of ether oxygens (including phenoxy) is 3. The molecular weight excluding hydrogens is 374 g/mol. The van der Waals surface area contributed by atoms with Crippen molar-refractivity contribution in [1.29, 1.82) is 0 Å². The third-order valence-corrected chi connectivity index (χ3v) is 4.18. The van der Waals surface area contributed by atoms with Crippen LogP contribution in [0.5, 0.6) is 11.5 Å². The van der Waals surface area contributed by atoms with Crippen LogP contribution in [0.25, 0.3) is 0 Å². The zero-order valence-electron chi connectivity index (χ0n) is 15.3. The molecule has 0 radical (unpaired) electrons. The van der Waals surface area contributed by atoms with Gasteiger partial charge in [0.05, 0.1) is 20.3 Å². The second-order valence-corrected chi connectivity index (χ2v) is 6.47. The Balaban J connectivity index is 0.00000261. The van der Waals surface area contributed by atoms with Crippen LogP contribution in [0.4, 0.5) is 5.69 Å². The lowest BCUT2D eigenvalue weighted by Crippen LogP contribution is -2.43. The highest BCUT2D eigenvalue weighted by molar-refractivity contribution is 5.91. The third kappa shape index (κ3) is 6.89. The largest absolute Gasteiger partial charge is 0.493 e. The third-order valence-electron chi connectivity index (χ3n) is 4.18. The fourth-order valence-corrected chi connectivity index (χ4v) is 2.69. The molecule has 1 atom stereocenters. The summed E-state index contributed by atoms with van der Waals surface area (Å²) >= 11 is 0. The standard InChI is InChI=1S/C18H25N3O5.ClH/c1-24-15-5-4-13(21-17(22)9-14-10-25-7-6-19-14)8-16(15)26-11-18(23)20-12-2-3-12;/h4-5,8,12,14,19H,2-3,6-7,9-11H2,1H3,(H,20,23)(H,21,22);1H. The highest BCUT2D eigenvalue weighted by Gasteiger charge is 2.23. The molecule has 1 aliphatic carbocycles. The lowest BCUT2D eigenvalue weighted by atomic mass is 10.2. The second-order valence-electron chi connectivity index (χ2n) is 6.47. The quantitative estimate of drug-likeness (QED) is 0.605. The molecule has 0 spiro atoms. The van der Waals surface area contributed by atoms with Gasteiger partial charge >= 0.3 is 0 Å². The average Bonchev–Trinajstić information content (AvgIpc) is 3.45. The van der Waals surface area contributed by atoms with Gasteiger partial charge in [0.1, 0.15) is 0 Å². The molecule has 2 fully saturated rings. The summed E-state index contributed by atoms with van der Waals surface area (Å²) in [6, 6.07) is 5.40. The van der Waals surface area contributed by atoms with Gasteiger partial charge in [-0.05, 0) is 25.0 Å². The lowest BCUT2D eigenvalue weighted by molar-refractivity contribution is -0.123. The van der Waals surface area contributed by atoms with Gasteiger partial charge in [-0.15, -0.1) is 12.4 Å². The van der Waals surface area contributed by atoms with Crippen molar-refractivity contribution in [2.45, 2.75) is 31.3 Å². The number of hydrogen-bond donors (Lipinski definition) is 3. The van der Waals surface area contributed by atoms with E-state index in [-0.39, 0.29) is 42.9 Å². The molecule has 0 bridgehead atoms. The van der Waals surface area contributed by atoms with Gasteiger partial charge in [0.15, 0.2) is 18.1 Å². The van der Waals surface area contributed by atoms with Crippen LogP contribution in [0.1, 0.15) is 19.3 Å². The smallest absolute Gasteiger partial charge is 0.258 e. The number of amides is 2. The van der Waals surface area contributed by atoms with E-state index in [2.05, 4.69) is 16.0 Å². The van der Waals surface area contributed by atoms with Crippen molar-refractivity contribution in [3.05, 3.63) is 18.2 Å². The number of halogens is 1. The van der Waals surface area contributed by atoms with Gasteiger partial charge in [0.25, 0.3) is 5.91 Å². The summed E-state index contributed by atoms with van der Waals surface area (Å²) in [4.78, 5) is 24.0. The van der Waals surface area contributed by atoms with E-state index in [0.29, 0.717) is 36.8 Å². The van der Waals surface area contributed by atoms with Crippen molar-refractivity contribution < 1.29 is 23.8 Å². The van der Waals surface area contributed by atoms with E-state index >= 15 is 0 Å². The normalized spacial score (nSPS) is 18.8. The van der Waals surface area contributed by atoms with Crippen molar-refractivity contribution in [2.75, 3.05) is 38.8 Å². The van der Waals surface area contributed by atoms with Gasteiger partial charge < -0.3 is 30.2 Å². The highest BCUT2D eigenvalue weighted by Crippen LogP contribution is 2.30. The number of morpholine rings is 1. The maximum atomic E-state index is 12.2. The molecule has 150 valence electrons. The lowest BCUT2D eigenvalue weighted by Gasteiger charge is -2.23. The minimum absolute atomic E-state index is 0. The molecule has 1 unspecified atom stereocenters. The molecule has 2 aliphatic rings. The van der Waals surface area contributed by atoms with E-state index in [1.165, 1.54) is 7.11 Å². The van der Waals surface area contributed by atoms with Crippen LogP contribution in [-0.4, -0.2) is 57.4 Å². The van der Waals surface area contributed by atoms with Crippen LogP contribution in [0.15, 0.2) is 18.2 Å². The fourth-order valence-electron chi connectivity index (χ4n) is 2.69. The molecule has 1 aromatic rings. The summed E-state index contributed by atoms with van der Waals surface area (Å²) in [6.07, 6.45) is 2.38. The molecule has 0 aromatic heterocycles. The molecule has 1 saturated carbocycles. The van der Waals surface area contributed by atoms with E-state index in [4.69, 9.17) is 14.2 Å². The van der Waals surface area contributed by atoms with E-state index in [1.54, 1.807) is 18.2 Å². The van der Waals surface area contributed by atoms with Gasteiger partial charge in [0.2, 0.25) is 5.91 Å². The van der Waals surface area contributed by atoms with Crippen LogP contribution in [0, 0.1) is 0 Å².